The van der Waals surface area contributed by atoms with E-state index in [-0.39, 0.29) is 38.3 Å². The summed E-state index contributed by atoms with van der Waals surface area (Å²) in [5.74, 6) is -2.46. The smallest absolute Gasteiger partial charge is 0.346 e. The molecular formula is C16H16N2O6S. The van der Waals surface area contributed by atoms with Crippen LogP contribution in [0.4, 0.5) is 16.4 Å². The first kappa shape index (κ1) is 18.4. The lowest BCUT2D eigenvalue weighted by Crippen LogP contribution is -2.04. The lowest BCUT2D eigenvalue weighted by atomic mass is 10.0. The maximum Gasteiger partial charge on any atom is 0.346 e. The number of hydrogen-bond donors (Lipinski definition) is 3. The topological polar surface area (TPSA) is 130 Å². The highest BCUT2D eigenvalue weighted by Crippen LogP contribution is 2.38. The largest absolute Gasteiger partial charge is 0.478 e. The first-order valence-electron chi connectivity index (χ1n) is 7.28. The average Bonchev–Trinajstić information content (AvgIpc) is 2.83. The molecule has 0 fully saturated rings. The van der Waals surface area contributed by atoms with Crippen molar-refractivity contribution in [3.05, 3.63) is 49.9 Å². The minimum atomic E-state index is -1.30. The SMILES string of the molecule is Cc1c(C(=O)O)sc(Nc2ccc(C(C)C)cc2[N+](=O)[O-])c1C(=O)O. The van der Waals surface area contributed by atoms with Gasteiger partial charge in [0.2, 0.25) is 0 Å². The Bertz CT molecular complexity index is 872. The zero-order valence-corrected chi connectivity index (χ0v) is 14.5. The van der Waals surface area contributed by atoms with Crippen LogP contribution in [0, 0.1) is 17.0 Å². The molecule has 25 heavy (non-hydrogen) atoms. The zero-order valence-electron chi connectivity index (χ0n) is 13.7. The van der Waals surface area contributed by atoms with Gasteiger partial charge in [-0.05, 0) is 30.0 Å². The second-order valence-corrected chi connectivity index (χ2v) is 6.70. The summed E-state index contributed by atoms with van der Waals surface area (Å²) in [7, 11) is 0. The summed E-state index contributed by atoms with van der Waals surface area (Å²) in [6.45, 7) is 5.19. The fraction of sp³-hybridized carbons (Fsp3) is 0.250. The van der Waals surface area contributed by atoms with E-state index in [1.54, 1.807) is 6.07 Å². The fourth-order valence-corrected chi connectivity index (χ4v) is 3.40. The van der Waals surface area contributed by atoms with Crippen LogP contribution in [-0.2, 0) is 0 Å². The highest BCUT2D eigenvalue weighted by Gasteiger charge is 2.26. The van der Waals surface area contributed by atoms with Crippen LogP contribution in [0.5, 0.6) is 0 Å². The number of rotatable bonds is 6. The highest BCUT2D eigenvalue weighted by molar-refractivity contribution is 7.18. The van der Waals surface area contributed by atoms with Gasteiger partial charge in [0, 0.05) is 6.07 Å². The second-order valence-electron chi connectivity index (χ2n) is 5.68. The maximum atomic E-state index is 11.5. The molecule has 0 saturated heterocycles. The van der Waals surface area contributed by atoms with E-state index in [2.05, 4.69) is 5.32 Å². The summed E-state index contributed by atoms with van der Waals surface area (Å²) in [5.41, 5.74) is 0.573. The molecule has 0 unspecified atom stereocenters. The van der Waals surface area contributed by atoms with Crippen molar-refractivity contribution in [2.24, 2.45) is 0 Å². The molecule has 0 atom stereocenters. The van der Waals surface area contributed by atoms with Crippen molar-refractivity contribution >= 4 is 39.7 Å². The summed E-state index contributed by atoms with van der Waals surface area (Å²) in [6.07, 6.45) is 0. The molecule has 0 radical (unpaired) electrons. The number of benzene rings is 1. The predicted molar refractivity (Wildman–Crippen MR) is 93.4 cm³/mol. The molecule has 0 amide bonds. The summed E-state index contributed by atoms with van der Waals surface area (Å²) in [5, 5.41) is 32.6. The van der Waals surface area contributed by atoms with Gasteiger partial charge in [0.05, 0.1) is 10.5 Å². The van der Waals surface area contributed by atoms with Crippen LogP contribution < -0.4 is 5.32 Å². The van der Waals surface area contributed by atoms with Crippen LogP contribution in [-0.4, -0.2) is 27.1 Å². The van der Waals surface area contributed by atoms with Crippen molar-refractivity contribution in [1.29, 1.82) is 0 Å². The standard InChI is InChI=1S/C16H16N2O6S/c1-7(2)9-4-5-10(11(6-9)18(23)24)17-14-12(15(19)20)8(3)13(25-14)16(21)22/h4-7,17H,1-3H3,(H,19,20)(H,21,22). The predicted octanol–water partition coefficient (Wildman–Crippen LogP) is 4.23. The molecule has 0 saturated carbocycles. The molecule has 1 aromatic carbocycles. The van der Waals surface area contributed by atoms with E-state index >= 15 is 0 Å². The summed E-state index contributed by atoms with van der Waals surface area (Å²) in [4.78, 5) is 33.4. The lowest BCUT2D eigenvalue weighted by molar-refractivity contribution is -0.384. The third kappa shape index (κ3) is 3.61. The second kappa shape index (κ2) is 6.89. The molecule has 9 heteroatoms. The van der Waals surface area contributed by atoms with Crippen molar-refractivity contribution in [2.45, 2.75) is 26.7 Å². The molecule has 132 valence electrons. The van der Waals surface area contributed by atoms with Gasteiger partial charge in [-0.3, -0.25) is 10.1 Å². The van der Waals surface area contributed by atoms with Gasteiger partial charge < -0.3 is 15.5 Å². The molecule has 1 aromatic heterocycles. The van der Waals surface area contributed by atoms with Gasteiger partial charge in [-0.25, -0.2) is 9.59 Å². The first-order valence-corrected chi connectivity index (χ1v) is 8.10. The normalized spacial score (nSPS) is 10.7. The number of thiophene rings is 1. The number of carboxylic acids is 2. The van der Waals surface area contributed by atoms with Crippen molar-refractivity contribution in [3.8, 4) is 0 Å². The van der Waals surface area contributed by atoms with E-state index < -0.39 is 16.9 Å². The summed E-state index contributed by atoms with van der Waals surface area (Å²) in [6, 6.07) is 4.62. The van der Waals surface area contributed by atoms with E-state index in [4.69, 9.17) is 0 Å². The van der Waals surface area contributed by atoms with Gasteiger partial charge in [-0.1, -0.05) is 19.9 Å². The fourth-order valence-electron chi connectivity index (χ4n) is 2.35. The van der Waals surface area contributed by atoms with Gasteiger partial charge in [0.15, 0.2) is 0 Å². The van der Waals surface area contributed by atoms with E-state index in [9.17, 15) is 29.9 Å². The van der Waals surface area contributed by atoms with Gasteiger partial charge in [-0.15, -0.1) is 11.3 Å². The summed E-state index contributed by atoms with van der Waals surface area (Å²) < 4.78 is 0. The number of nitrogens with zero attached hydrogens (tertiary/aromatic N) is 1. The number of aromatic carboxylic acids is 2. The quantitative estimate of drug-likeness (QED) is 0.516. The maximum absolute atomic E-state index is 11.5. The van der Waals surface area contributed by atoms with Gasteiger partial charge in [0.1, 0.15) is 15.6 Å². The van der Waals surface area contributed by atoms with E-state index in [0.717, 1.165) is 16.9 Å². The van der Waals surface area contributed by atoms with E-state index in [0.29, 0.717) is 0 Å². The Labute approximate surface area is 146 Å². The van der Waals surface area contributed by atoms with Crippen LogP contribution in [0.2, 0.25) is 0 Å². The molecule has 8 nitrogen and oxygen atoms in total. The molecule has 0 aliphatic rings. The van der Waals surface area contributed by atoms with Gasteiger partial charge in [0.25, 0.3) is 5.69 Å². The van der Waals surface area contributed by atoms with Crippen LogP contribution in [0.15, 0.2) is 18.2 Å². The Kier molecular flexibility index (Phi) is 5.07. The van der Waals surface area contributed by atoms with Crippen molar-refractivity contribution < 1.29 is 24.7 Å². The number of carboxylic acid groups (broad SMARTS) is 2. The molecule has 3 N–H and O–H groups in total. The molecule has 0 aliphatic heterocycles. The Morgan fingerprint density at radius 1 is 1.24 bits per heavy atom. The van der Waals surface area contributed by atoms with Crippen LogP contribution in [0.3, 0.4) is 0 Å². The van der Waals surface area contributed by atoms with Gasteiger partial charge >= 0.3 is 11.9 Å². The monoisotopic (exact) mass is 364 g/mol. The highest BCUT2D eigenvalue weighted by atomic mass is 32.1. The molecule has 2 rings (SSSR count). The van der Waals surface area contributed by atoms with Crippen molar-refractivity contribution in [2.75, 3.05) is 5.32 Å². The van der Waals surface area contributed by atoms with Crippen LogP contribution >= 0.6 is 11.3 Å². The number of nitro benzene ring substituents is 1. The molecule has 2 aromatic rings. The number of hydrogen-bond acceptors (Lipinski definition) is 6. The minimum absolute atomic E-state index is 0.0443. The van der Waals surface area contributed by atoms with Crippen LogP contribution in [0.1, 0.15) is 50.9 Å². The third-order valence-electron chi connectivity index (χ3n) is 3.69. The number of nitro groups is 1. The molecule has 1 heterocycles. The van der Waals surface area contributed by atoms with Crippen molar-refractivity contribution in [3.63, 3.8) is 0 Å². The molecule has 0 spiro atoms. The third-order valence-corrected chi connectivity index (χ3v) is 4.88. The zero-order chi connectivity index (χ0) is 18.9. The van der Waals surface area contributed by atoms with Gasteiger partial charge in [-0.2, -0.15) is 0 Å². The molecule has 0 aliphatic carbocycles. The Hall–Kier alpha value is -2.94. The molecule has 0 bridgehead atoms. The number of nitrogens with one attached hydrogen (secondary N) is 1. The Morgan fingerprint density at radius 2 is 1.88 bits per heavy atom. The minimum Gasteiger partial charge on any atom is -0.478 e. The Balaban J connectivity index is 2.56. The first-order chi connectivity index (χ1) is 11.6. The van der Waals surface area contributed by atoms with E-state index in [1.165, 1.54) is 19.1 Å². The lowest BCUT2D eigenvalue weighted by Gasteiger charge is -2.10. The number of anilines is 2. The van der Waals surface area contributed by atoms with Crippen LogP contribution in [0.25, 0.3) is 0 Å². The Morgan fingerprint density at radius 3 is 2.36 bits per heavy atom. The average molecular weight is 364 g/mol. The molecular weight excluding hydrogens is 348 g/mol. The summed E-state index contributed by atoms with van der Waals surface area (Å²) >= 11 is 0.734. The number of carbonyl (C=O) groups is 2. The van der Waals surface area contributed by atoms with Crippen molar-refractivity contribution in [1.82, 2.24) is 0 Å². The van der Waals surface area contributed by atoms with E-state index in [1.807, 2.05) is 13.8 Å².